The summed E-state index contributed by atoms with van der Waals surface area (Å²) in [5, 5.41) is 13.7. The number of rotatable bonds is 7. The van der Waals surface area contributed by atoms with E-state index in [1.807, 2.05) is 11.0 Å². The molecular formula is C30H44FN5O7S. The molecule has 14 heteroatoms. The normalized spacial score (nSPS) is 24.0. The van der Waals surface area contributed by atoms with Crippen LogP contribution in [-0.4, -0.2) is 114 Å². The summed E-state index contributed by atoms with van der Waals surface area (Å²) in [7, 11) is -4.67. The first-order valence-electron chi connectivity index (χ1n) is 14.8. The van der Waals surface area contributed by atoms with Crippen molar-refractivity contribution in [2.75, 3.05) is 57.4 Å². The number of aliphatic hydroxyl groups is 1. The minimum atomic E-state index is -4.67. The number of hydrogen-bond acceptors (Lipinski definition) is 9. The number of carbonyl (C=O) groups excluding carboxylic acids is 1. The van der Waals surface area contributed by atoms with E-state index in [0.29, 0.717) is 37.3 Å². The number of hydrogen-bond donors (Lipinski definition) is 4. The van der Waals surface area contributed by atoms with E-state index in [9.17, 15) is 14.3 Å². The minimum Gasteiger partial charge on any atom is -0.390 e. The summed E-state index contributed by atoms with van der Waals surface area (Å²) in [4.78, 5) is 25.5. The van der Waals surface area contributed by atoms with Crippen LogP contribution in [0.5, 0.6) is 0 Å². The van der Waals surface area contributed by atoms with Crippen LogP contribution in [0.3, 0.4) is 0 Å². The van der Waals surface area contributed by atoms with Crippen LogP contribution in [0, 0.1) is 5.82 Å². The van der Waals surface area contributed by atoms with Gasteiger partial charge in [-0.3, -0.25) is 28.7 Å². The van der Waals surface area contributed by atoms with E-state index in [0.717, 1.165) is 61.9 Å². The van der Waals surface area contributed by atoms with Gasteiger partial charge in [-0.2, -0.15) is 8.42 Å². The number of morpholine rings is 1. The Labute approximate surface area is 258 Å². The topological polar surface area (TPSA) is 156 Å². The first-order chi connectivity index (χ1) is 20.6. The number of carbonyl (C=O) groups is 1. The highest BCUT2D eigenvalue weighted by Gasteiger charge is 2.41. The zero-order chi connectivity index (χ0) is 32.2. The van der Waals surface area contributed by atoms with Crippen molar-refractivity contribution < 1.29 is 36.6 Å². The lowest BCUT2D eigenvalue weighted by molar-refractivity contribution is -0.121. The summed E-state index contributed by atoms with van der Waals surface area (Å²) in [5.74, 6) is -0.211. The highest BCUT2D eigenvalue weighted by Crippen LogP contribution is 2.41. The first-order valence-corrected chi connectivity index (χ1v) is 16.2. The second kappa shape index (κ2) is 14.3. The molecule has 4 N–H and O–H groups in total. The van der Waals surface area contributed by atoms with Crippen molar-refractivity contribution in [2.45, 2.75) is 64.3 Å². The summed E-state index contributed by atoms with van der Waals surface area (Å²) in [5.41, 5.74) is 3.72. The number of nitrogens with one attached hydrogen (secondary N) is 1. The SMILES string of the molecule is C[C@@H]1CN(CC(=O)N2CC(C)(C)c3nc(CO)c(Cc4ccc(F)cc4)cc32)[C@@H](CN2CCOC[C@H]2C)CN1.O=S(=O)(O)O. The molecule has 244 valence electrons. The van der Waals surface area contributed by atoms with E-state index in [2.05, 4.69) is 42.8 Å². The Bertz CT molecular complexity index is 1400. The van der Waals surface area contributed by atoms with Crippen LogP contribution >= 0.6 is 0 Å². The fraction of sp³-hybridized carbons (Fsp3) is 0.600. The molecule has 0 unspecified atom stereocenters. The maximum atomic E-state index is 13.9. The Morgan fingerprint density at radius 3 is 2.50 bits per heavy atom. The predicted molar refractivity (Wildman–Crippen MR) is 164 cm³/mol. The Hall–Kier alpha value is -2.56. The van der Waals surface area contributed by atoms with Gasteiger partial charge in [0.05, 0.1) is 43.4 Å². The molecule has 0 bridgehead atoms. The van der Waals surface area contributed by atoms with Gasteiger partial charge in [-0.05, 0) is 49.6 Å². The third kappa shape index (κ3) is 9.01. The van der Waals surface area contributed by atoms with E-state index < -0.39 is 10.4 Å². The Morgan fingerprint density at radius 1 is 1.18 bits per heavy atom. The summed E-state index contributed by atoms with van der Waals surface area (Å²) in [6.45, 7) is 14.3. The maximum absolute atomic E-state index is 13.9. The number of benzene rings is 1. The quantitative estimate of drug-likeness (QED) is 0.328. The Kier molecular flexibility index (Phi) is 11.1. The number of piperazine rings is 1. The molecule has 3 aliphatic rings. The van der Waals surface area contributed by atoms with Gasteiger partial charge in [0.25, 0.3) is 0 Å². The molecule has 1 aromatic carbocycles. The number of halogens is 1. The van der Waals surface area contributed by atoms with E-state index >= 15 is 0 Å². The van der Waals surface area contributed by atoms with Crippen LogP contribution in [0.1, 0.15) is 50.2 Å². The number of pyridine rings is 1. The van der Waals surface area contributed by atoms with Gasteiger partial charge < -0.3 is 20.1 Å². The lowest BCUT2D eigenvalue weighted by Gasteiger charge is -2.43. The van der Waals surface area contributed by atoms with Crippen LogP contribution in [0.25, 0.3) is 0 Å². The molecule has 5 rings (SSSR count). The summed E-state index contributed by atoms with van der Waals surface area (Å²) < 4.78 is 50.7. The zero-order valence-electron chi connectivity index (χ0n) is 25.7. The van der Waals surface area contributed by atoms with Gasteiger partial charge in [-0.15, -0.1) is 0 Å². The first kappa shape index (κ1) is 34.3. The van der Waals surface area contributed by atoms with Crippen molar-refractivity contribution >= 4 is 22.0 Å². The molecule has 2 fully saturated rings. The largest absolute Gasteiger partial charge is 0.394 e. The van der Waals surface area contributed by atoms with E-state index in [1.54, 1.807) is 12.1 Å². The van der Waals surface area contributed by atoms with Crippen molar-refractivity contribution in [3.8, 4) is 0 Å². The van der Waals surface area contributed by atoms with Crippen molar-refractivity contribution in [2.24, 2.45) is 0 Å². The standard InChI is InChI=1S/C30H42FN5O3.H2O4S/c1-20-14-35(25(13-32-20)15-34-9-10-39-18-21(34)2)16-28(38)36-19-30(3,4)29-27(36)12-23(26(17-37)33-29)11-22-5-7-24(31)8-6-22;1-5(2,3)4/h5-8,12,20-21,25,32,37H,9-11,13-19H2,1-4H3;(H2,1,2,3,4)/t20-,21-,25-;/m1./s1. The molecule has 12 nitrogen and oxygen atoms in total. The van der Waals surface area contributed by atoms with Gasteiger partial charge in [-0.25, -0.2) is 4.39 Å². The molecule has 44 heavy (non-hydrogen) atoms. The summed E-state index contributed by atoms with van der Waals surface area (Å²) in [6, 6.07) is 9.31. The van der Waals surface area contributed by atoms with Gasteiger partial charge in [0.1, 0.15) is 5.82 Å². The lowest BCUT2D eigenvalue weighted by Crippen LogP contribution is -2.62. The molecular weight excluding hydrogens is 593 g/mol. The van der Waals surface area contributed by atoms with Gasteiger partial charge in [0, 0.05) is 56.3 Å². The number of anilines is 1. The molecule has 0 radical (unpaired) electrons. The number of ether oxygens (including phenoxy) is 1. The molecule has 0 saturated carbocycles. The maximum Gasteiger partial charge on any atom is 0.394 e. The van der Waals surface area contributed by atoms with Crippen molar-refractivity contribution in [3.63, 3.8) is 0 Å². The van der Waals surface area contributed by atoms with Crippen molar-refractivity contribution in [1.82, 2.24) is 20.1 Å². The molecule has 1 amide bonds. The van der Waals surface area contributed by atoms with Crippen molar-refractivity contribution in [1.29, 1.82) is 0 Å². The molecule has 0 aliphatic carbocycles. The monoisotopic (exact) mass is 637 g/mol. The highest BCUT2D eigenvalue weighted by molar-refractivity contribution is 7.79. The van der Waals surface area contributed by atoms with Gasteiger partial charge >= 0.3 is 10.4 Å². The zero-order valence-corrected chi connectivity index (χ0v) is 26.6. The average molecular weight is 638 g/mol. The second-order valence-electron chi connectivity index (χ2n) is 12.5. The Morgan fingerprint density at radius 2 is 1.86 bits per heavy atom. The van der Waals surface area contributed by atoms with Crippen molar-refractivity contribution in [3.05, 3.63) is 58.7 Å². The lowest BCUT2D eigenvalue weighted by atomic mass is 9.90. The average Bonchev–Trinajstić information content (AvgIpc) is 3.20. The summed E-state index contributed by atoms with van der Waals surface area (Å²) in [6.07, 6.45) is 0.508. The van der Waals surface area contributed by atoms with Crippen LogP contribution in [0.4, 0.5) is 10.1 Å². The predicted octanol–water partition coefficient (Wildman–Crippen LogP) is 1.66. The van der Waals surface area contributed by atoms with Gasteiger partial charge in [0.2, 0.25) is 5.91 Å². The highest BCUT2D eigenvalue weighted by atomic mass is 32.3. The van der Waals surface area contributed by atoms with Crippen LogP contribution in [-0.2, 0) is 38.4 Å². The molecule has 2 aromatic rings. The molecule has 1 aromatic heterocycles. The molecule has 3 atom stereocenters. The number of aliphatic hydroxyl groups excluding tert-OH is 1. The smallest absolute Gasteiger partial charge is 0.390 e. The second-order valence-corrected chi connectivity index (χ2v) is 13.4. The minimum absolute atomic E-state index is 0.0715. The summed E-state index contributed by atoms with van der Waals surface area (Å²) >= 11 is 0. The Balaban J connectivity index is 0.000000818. The van der Waals surface area contributed by atoms with E-state index in [4.69, 9.17) is 27.2 Å². The van der Waals surface area contributed by atoms with Crippen LogP contribution < -0.4 is 10.2 Å². The molecule has 4 heterocycles. The molecule has 0 spiro atoms. The number of amides is 1. The van der Waals surface area contributed by atoms with E-state index in [1.165, 1.54) is 12.1 Å². The third-order valence-electron chi connectivity index (χ3n) is 8.43. The van der Waals surface area contributed by atoms with E-state index in [-0.39, 0.29) is 29.8 Å². The fourth-order valence-electron chi connectivity index (χ4n) is 6.14. The van der Waals surface area contributed by atoms with Gasteiger partial charge in [-0.1, -0.05) is 26.0 Å². The number of aromatic nitrogens is 1. The third-order valence-corrected chi connectivity index (χ3v) is 8.43. The van der Waals surface area contributed by atoms with Crippen LogP contribution in [0.15, 0.2) is 30.3 Å². The fourth-order valence-corrected chi connectivity index (χ4v) is 6.14. The van der Waals surface area contributed by atoms with Crippen LogP contribution in [0.2, 0.25) is 0 Å². The number of fused-ring (bicyclic) bond motifs is 1. The molecule has 3 aliphatic heterocycles. The molecule has 2 saturated heterocycles. The van der Waals surface area contributed by atoms with Gasteiger partial charge in [0.15, 0.2) is 0 Å². The number of nitrogens with zero attached hydrogens (tertiary/aromatic N) is 4.